The van der Waals surface area contributed by atoms with Crippen LogP contribution in [0.3, 0.4) is 0 Å². The van der Waals surface area contributed by atoms with Gasteiger partial charge in [-0.3, -0.25) is 30.6 Å². The average molecular weight is 547 g/mol. The van der Waals surface area contributed by atoms with E-state index in [0.29, 0.717) is 41.4 Å². The van der Waals surface area contributed by atoms with E-state index in [4.69, 9.17) is 17.0 Å². The number of likely N-dealkylation sites (tertiary alicyclic amines) is 1. The molecule has 3 N–H and O–H groups in total. The highest BCUT2D eigenvalue weighted by atomic mass is 79.9. The predicted octanol–water partition coefficient (Wildman–Crippen LogP) is 3.17. The molecule has 1 fully saturated rings. The Hall–Kier alpha value is -2.98. The number of hydrogen-bond donors (Lipinski definition) is 3. The summed E-state index contributed by atoms with van der Waals surface area (Å²) in [4.78, 5) is 39.2. The molecule has 34 heavy (non-hydrogen) atoms. The van der Waals surface area contributed by atoms with Gasteiger partial charge in [-0.1, -0.05) is 60.1 Å². The van der Waals surface area contributed by atoms with Crippen LogP contribution in [0.2, 0.25) is 0 Å². The fourth-order valence-corrected chi connectivity index (χ4v) is 3.89. The van der Waals surface area contributed by atoms with E-state index in [9.17, 15) is 14.4 Å². The van der Waals surface area contributed by atoms with Crippen molar-refractivity contribution in [1.82, 2.24) is 21.1 Å². The monoisotopic (exact) mass is 546 g/mol. The molecule has 2 aromatic rings. The molecular formula is C24H27BrN4O4S. The molecule has 1 saturated heterocycles. The van der Waals surface area contributed by atoms with Gasteiger partial charge < -0.3 is 9.64 Å². The van der Waals surface area contributed by atoms with E-state index in [1.807, 2.05) is 44.2 Å². The van der Waals surface area contributed by atoms with Gasteiger partial charge in [0, 0.05) is 24.0 Å². The first-order chi connectivity index (χ1) is 16.2. The van der Waals surface area contributed by atoms with Crippen molar-refractivity contribution in [3.63, 3.8) is 0 Å². The van der Waals surface area contributed by atoms with Gasteiger partial charge in [-0.25, -0.2) is 0 Å². The van der Waals surface area contributed by atoms with Crippen molar-refractivity contribution in [1.29, 1.82) is 0 Å². The lowest BCUT2D eigenvalue weighted by atomic mass is 10.1. The van der Waals surface area contributed by atoms with Crippen molar-refractivity contribution >= 4 is 51.0 Å². The molecule has 8 nitrogen and oxygen atoms in total. The standard InChI is InChI=1S/C24H27BrN4O4S/c1-15(2)14-33-20-9-8-18(25)11-19(20)23(32)26-24(34)28-27-22(31)17-10-21(30)29(13-17)12-16-6-4-3-5-7-16/h3-9,11,15,17H,10,12-14H2,1-2H3,(H,27,31)(H2,26,28,32,34). The van der Waals surface area contributed by atoms with Crippen LogP contribution >= 0.6 is 28.1 Å². The van der Waals surface area contributed by atoms with E-state index in [1.54, 1.807) is 23.1 Å². The van der Waals surface area contributed by atoms with E-state index >= 15 is 0 Å². The molecule has 3 rings (SSSR count). The molecule has 0 aliphatic carbocycles. The summed E-state index contributed by atoms with van der Waals surface area (Å²) in [6.07, 6.45) is 0.119. The number of rotatable bonds is 7. The Kier molecular flexibility index (Phi) is 9.00. The number of thiocarbonyl (C=S) groups is 1. The lowest BCUT2D eigenvalue weighted by Crippen LogP contribution is -2.50. The van der Waals surface area contributed by atoms with Crippen LogP contribution in [-0.4, -0.2) is 40.9 Å². The Balaban J connectivity index is 1.50. The summed E-state index contributed by atoms with van der Waals surface area (Å²) in [5.41, 5.74) is 6.34. The van der Waals surface area contributed by atoms with Crippen LogP contribution in [0.5, 0.6) is 5.75 Å². The number of hydrogen-bond acceptors (Lipinski definition) is 5. The molecular weight excluding hydrogens is 520 g/mol. The van der Waals surface area contributed by atoms with Crippen LogP contribution in [0.25, 0.3) is 0 Å². The highest BCUT2D eigenvalue weighted by Gasteiger charge is 2.34. The summed E-state index contributed by atoms with van der Waals surface area (Å²) in [5.74, 6) is -0.708. The third-order valence-electron chi connectivity index (χ3n) is 5.09. The molecule has 2 aromatic carbocycles. The summed E-state index contributed by atoms with van der Waals surface area (Å²) in [5, 5.41) is 2.47. The number of halogens is 1. The second kappa shape index (κ2) is 11.9. The van der Waals surface area contributed by atoms with Crippen molar-refractivity contribution < 1.29 is 19.1 Å². The van der Waals surface area contributed by atoms with Gasteiger partial charge in [-0.15, -0.1) is 0 Å². The molecule has 1 aliphatic heterocycles. The number of nitrogens with one attached hydrogen (secondary N) is 3. The normalized spacial score (nSPS) is 15.2. The molecule has 0 radical (unpaired) electrons. The van der Waals surface area contributed by atoms with Crippen LogP contribution < -0.4 is 20.9 Å². The topological polar surface area (TPSA) is 99.8 Å². The molecule has 3 amide bonds. The van der Waals surface area contributed by atoms with Crippen LogP contribution in [0.15, 0.2) is 53.0 Å². The van der Waals surface area contributed by atoms with Gasteiger partial charge in [0.1, 0.15) is 5.75 Å². The first kappa shape index (κ1) is 25.6. The zero-order chi connectivity index (χ0) is 24.7. The molecule has 1 aliphatic rings. The molecule has 0 saturated carbocycles. The number of nitrogens with zero attached hydrogens (tertiary/aromatic N) is 1. The number of amides is 3. The highest BCUT2D eigenvalue weighted by molar-refractivity contribution is 9.10. The summed E-state index contributed by atoms with van der Waals surface area (Å²) < 4.78 is 6.45. The fourth-order valence-electron chi connectivity index (χ4n) is 3.39. The Labute approximate surface area is 212 Å². The Morgan fingerprint density at radius 2 is 1.91 bits per heavy atom. The van der Waals surface area contributed by atoms with E-state index in [2.05, 4.69) is 32.1 Å². The predicted molar refractivity (Wildman–Crippen MR) is 136 cm³/mol. The minimum absolute atomic E-state index is 0.0707. The number of hydrazine groups is 1. The van der Waals surface area contributed by atoms with Crippen molar-refractivity contribution in [3.05, 3.63) is 64.1 Å². The molecule has 0 spiro atoms. The number of carbonyl (C=O) groups excluding carboxylic acids is 3. The largest absolute Gasteiger partial charge is 0.492 e. The lowest BCUT2D eigenvalue weighted by molar-refractivity contribution is -0.129. The minimum Gasteiger partial charge on any atom is -0.492 e. The van der Waals surface area contributed by atoms with Crippen molar-refractivity contribution in [2.24, 2.45) is 11.8 Å². The number of ether oxygens (including phenoxy) is 1. The maximum atomic E-state index is 12.7. The van der Waals surface area contributed by atoms with E-state index in [1.165, 1.54) is 0 Å². The summed E-state index contributed by atoms with van der Waals surface area (Å²) in [7, 11) is 0. The van der Waals surface area contributed by atoms with Crippen LogP contribution in [-0.2, 0) is 16.1 Å². The van der Waals surface area contributed by atoms with Gasteiger partial charge >= 0.3 is 0 Å². The molecule has 1 unspecified atom stereocenters. The van der Waals surface area contributed by atoms with Crippen molar-refractivity contribution in [2.45, 2.75) is 26.8 Å². The van der Waals surface area contributed by atoms with E-state index in [-0.39, 0.29) is 23.3 Å². The number of benzene rings is 2. The van der Waals surface area contributed by atoms with Crippen LogP contribution in [0.1, 0.15) is 36.2 Å². The summed E-state index contributed by atoms with van der Waals surface area (Å²) in [6.45, 7) is 5.26. The van der Waals surface area contributed by atoms with Gasteiger partial charge in [0.2, 0.25) is 11.8 Å². The highest BCUT2D eigenvalue weighted by Crippen LogP contribution is 2.24. The Bertz CT molecular complexity index is 1060. The van der Waals surface area contributed by atoms with Crippen molar-refractivity contribution in [3.8, 4) is 5.75 Å². The van der Waals surface area contributed by atoms with Gasteiger partial charge in [0.05, 0.1) is 18.1 Å². The third kappa shape index (κ3) is 7.26. The molecule has 0 aromatic heterocycles. The molecule has 1 atom stereocenters. The summed E-state index contributed by atoms with van der Waals surface area (Å²) >= 11 is 8.51. The molecule has 10 heteroatoms. The third-order valence-corrected chi connectivity index (χ3v) is 5.78. The second-order valence-corrected chi connectivity index (χ2v) is 9.73. The van der Waals surface area contributed by atoms with Crippen molar-refractivity contribution in [2.75, 3.05) is 13.2 Å². The average Bonchev–Trinajstić information content (AvgIpc) is 3.17. The SMILES string of the molecule is CC(C)COc1ccc(Br)cc1C(=O)NC(=S)NNC(=O)C1CC(=O)N(Cc2ccccc2)C1. The van der Waals surface area contributed by atoms with Gasteiger partial charge in [0.25, 0.3) is 5.91 Å². The fraction of sp³-hybridized carbons (Fsp3) is 0.333. The summed E-state index contributed by atoms with van der Waals surface area (Å²) in [6, 6.07) is 14.7. The second-order valence-electron chi connectivity index (χ2n) is 8.40. The molecule has 0 bridgehead atoms. The quantitative estimate of drug-likeness (QED) is 0.364. The number of carbonyl (C=O) groups is 3. The van der Waals surface area contributed by atoms with Gasteiger partial charge in [-0.05, 0) is 41.9 Å². The maximum Gasteiger partial charge on any atom is 0.261 e. The Morgan fingerprint density at radius 3 is 2.62 bits per heavy atom. The van der Waals surface area contributed by atoms with Gasteiger partial charge in [-0.2, -0.15) is 0 Å². The zero-order valence-electron chi connectivity index (χ0n) is 19.0. The maximum absolute atomic E-state index is 12.7. The van der Waals surface area contributed by atoms with E-state index < -0.39 is 11.8 Å². The van der Waals surface area contributed by atoms with Gasteiger partial charge in [0.15, 0.2) is 5.11 Å². The van der Waals surface area contributed by atoms with Crippen LogP contribution in [0.4, 0.5) is 0 Å². The first-order valence-corrected chi connectivity index (χ1v) is 12.1. The zero-order valence-corrected chi connectivity index (χ0v) is 21.4. The minimum atomic E-state index is -0.511. The van der Waals surface area contributed by atoms with Crippen LogP contribution in [0, 0.1) is 11.8 Å². The van der Waals surface area contributed by atoms with E-state index in [0.717, 1.165) is 5.56 Å². The molecule has 180 valence electrons. The first-order valence-electron chi connectivity index (χ1n) is 10.9. The Morgan fingerprint density at radius 1 is 1.18 bits per heavy atom. The lowest BCUT2D eigenvalue weighted by Gasteiger charge is -2.17. The smallest absolute Gasteiger partial charge is 0.261 e. The molecule has 1 heterocycles.